The summed E-state index contributed by atoms with van der Waals surface area (Å²) in [6, 6.07) is 0. The van der Waals surface area contributed by atoms with E-state index in [0.29, 0.717) is 45.1 Å². The van der Waals surface area contributed by atoms with E-state index in [1.165, 1.54) is 0 Å². The van der Waals surface area contributed by atoms with Gasteiger partial charge in [-0.2, -0.15) is 0 Å². The number of carbonyl (C=O) groups is 1. The molecule has 0 radical (unpaired) electrons. The van der Waals surface area contributed by atoms with Crippen LogP contribution in [0.15, 0.2) is 0 Å². The summed E-state index contributed by atoms with van der Waals surface area (Å²) in [7, 11) is 4.08. The van der Waals surface area contributed by atoms with Gasteiger partial charge in [-0.3, -0.25) is 4.79 Å². The van der Waals surface area contributed by atoms with Crippen molar-refractivity contribution in [3.63, 3.8) is 0 Å². The van der Waals surface area contributed by atoms with Crippen molar-refractivity contribution in [2.75, 3.05) is 46.9 Å². The fourth-order valence-corrected chi connectivity index (χ4v) is 3.82. The second-order valence-corrected chi connectivity index (χ2v) is 6.82. The second-order valence-electron chi connectivity index (χ2n) is 6.82. The highest BCUT2D eigenvalue weighted by Gasteiger charge is 2.56. The van der Waals surface area contributed by atoms with Gasteiger partial charge in [0.15, 0.2) is 5.67 Å². The minimum absolute atomic E-state index is 0.0132. The number of rotatable bonds is 3. The van der Waals surface area contributed by atoms with E-state index in [0.717, 1.165) is 13.0 Å². The van der Waals surface area contributed by atoms with Crippen LogP contribution in [-0.2, 0) is 9.53 Å². The monoisotopic (exact) mass is 270 g/mol. The quantitative estimate of drug-likeness (QED) is 0.764. The molecular weight excluding hydrogens is 247 g/mol. The molecule has 5 heteroatoms. The first kappa shape index (κ1) is 13.3. The van der Waals surface area contributed by atoms with Crippen LogP contribution >= 0.6 is 0 Å². The van der Waals surface area contributed by atoms with Crippen molar-refractivity contribution >= 4 is 5.91 Å². The molecule has 1 amide bonds. The highest BCUT2D eigenvalue weighted by Crippen LogP contribution is 2.45. The Morgan fingerprint density at radius 2 is 2.21 bits per heavy atom. The number of ether oxygens (including phenoxy) is 1. The Bertz CT molecular complexity index is 384. The Hall–Kier alpha value is -0.680. The summed E-state index contributed by atoms with van der Waals surface area (Å²) in [6.45, 7) is 3.62. The van der Waals surface area contributed by atoms with Gasteiger partial charge in [0, 0.05) is 31.0 Å². The fourth-order valence-electron chi connectivity index (χ4n) is 3.82. The van der Waals surface area contributed by atoms with Gasteiger partial charge in [0.2, 0.25) is 0 Å². The van der Waals surface area contributed by atoms with Gasteiger partial charge in [0.1, 0.15) is 0 Å². The molecule has 3 fully saturated rings. The van der Waals surface area contributed by atoms with E-state index >= 15 is 0 Å². The molecule has 0 aromatic carbocycles. The summed E-state index contributed by atoms with van der Waals surface area (Å²) in [4.78, 5) is 16.2. The maximum absolute atomic E-state index is 14.3. The predicted molar refractivity (Wildman–Crippen MR) is 69.6 cm³/mol. The van der Waals surface area contributed by atoms with Crippen LogP contribution in [0.4, 0.5) is 4.39 Å². The third-order valence-corrected chi connectivity index (χ3v) is 4.97. The molecule has 2 saturated heterocycles. The molecule has 1 aliphatic carbocycles. The molecule has 3 aliphatic rings. The zero-order valence-electron chi connectivity index (χ0n) is 11.8. The molecule has 2 aliphatic heterocycles. The van der Waals surface area contributed by atoms with E-state index in [4.69, 9.17) is 4.74 Å². The van der Waals surface area contributed by atoms with Crippen LogP contribution in [0.25, 0.3) is 0 Å². The van der Waals surface area contributed by atoms with Crippen molar-refractivity contribution in [1.29, 1.82) is 0 Å². The molecule has 2 atom stereocenters. The number of alkyl halides is 1. The van der Waals surface area contributed by atoms with Gasteiger partial charge in [0.25, 0.3) is 5.91 Å². The number of hydrogen-bond donors (Lipinski definition) is 0. The molecule has 19 heavy (non-hydrogen) atoms. The maximum Gasteiger partial charge on any atom is 0.260 e. The number of fused-ring (bicyclic) bond motifs is 1. The number of likely N-dealkylation sites (tertiary alicyclic amines) is 1. The van der Waals surface area contributed by atoms with Crippen LogP contribution in [0.5, 0.6) is 0 Å². The molecule has 0 bridgehead atoms. The van der Waals surface area contributed by atoms with Crippen molar-refractivity contribution in [2.45, 2.75) is 24.9 Å². The van der Waals surface area contributed by atoms with Crippen molar-refractivity contribution in [1.82, 2.24) is 9.80 Å². The lowest BCUT2D eigenvalue weighted by Gasteiger charge is -2.36. The fraction of sp³-hybridized carbons (Fsp3) is 0.929. The average molecular weight is 270 g/mol. The first-order valence-electron chi connectivity index (χ1n) is 7.16. The first-order valence-corrected chi connectivity index (χ1v) is 7.16. The zero-order valence-corrected chi connectivity index (χ0v) is 11.8. The van der Waals surface area contributed by atoms with Gasteiger partial charge in [-0.15, -0.1) is 0 Å². The molecule has 3 rings (SSSR count). The Labute approximate surface area is 113 Å². The summed E-state index contributed by atoms with van der Waals surface area (Å²) in [5.41, 5.74) is -1.54. The minimum Gasteiger partial charge on any atom is -0.380 e. The summed E-state index contributed by atoms with van der Waals surface area (Å²) in [5, 5.41) is 0. The van der Waals surface area contributed by atoms with Crippen molar-refractivity contribution < 1.29 is 13.9 Å². The molecule has 108 valence electrons. The topological polar surface area (TPSA) is 32.8 Å². The standard InChI is InChI=1S/C14H23FN2O2/c1-16(2)8-13-9-17(6-11(13)7-19-10-13)12(18)14(15)4-3-5-14/h11H,3-10H2,1-2H3/t11-,13+/m1/s1. The Morgan fingerprint density at radius 1 is 1.47 bits per heavy atom. The van der Waals surface area contributed by atoms with Gasteiger partial charge in [-0.25, -0.2) is 4.39 Å². The van der Waals surface area contributed by atoms with E-state index in [1.54, 1.807) is 4.90 Å². The van der Waals surface area contributed by atoms with Crippen molar-refractivity contribution in [3.8, 4) is 0 Å². The van der Waals surface area contributed by atoms with Crippen LogP contribution in [0.1, 0.15) is 19.3 Å². The SMILES string of the molecule is CN(C)C[C@]12COC[C@H]1CN(C(=O)C1(F)CCC1)C2. The van der Waals surface area contributed by atoms with Gasteiger partial charge in [-0.1, -0.05) is 0 Å². The highest BCUT2D eigenvalue weighted by molar-refractivity contribution is 5.86. The van der Waals surface area contributed by atoms with E-state index in [1.807, 2.05) is 14.1 Å². The molecule has 0 aromatic rings. The highest BCUT2D eigenvalue weighted by atomic mass is 19.1. The zero-order chi connectivity index (χ0) is 13.7. The average Bonchev–Trinajstić information content (AvgIpc) is 2.79. The van der Waals surface area contributed by atoms with Crippen LogP contribution in [0, 0.1) is 11.3 Å². The Balaban J connectivity index is 1.73. The third kappa shape index (κ3) is 2.07. The summed E-state index contributed by atoms with van der Waals surface area (Å²) < 4.78 is 19.9. The van der Waals surface area contributed by atoms with E-state index in [2.05, 4.69) is 4.90 Å². The minimum atomic E-state index is -1.56. The summed E-state index contributed by atoms with van der Waals surface area (Å²) >= 11 is 0. The van der Waals surface area contributed by atoms with Gasteiger partial charge in [-0.05, 0) is 33.4 Å². The van der Waals surface area contributed by atoms with Gasteiger partial charge < -0.3 is 14.5 Å². The van der Waals surface area contributed by atoms with Crippen molar-refractivity contribution in [3.05, 3.63) is 0 Å². The summed E-state index contributed by atoms with van der Waals surface area (Å²) in [5.74, 6) is 0.0915. The number of hydrogen-bond acceptors (Lipinski definition) is 3. The number of nitrogens with zero attached hydrogens (tertiary/aromatic N) is 2. The molecule has 0 aromatic heterocycles. The van der Waals surface area contributed by atoms with E-state index in [9.17, 15) is 9.18 Å². The lowest BCUT2D eigenvalue weighted by molar-refractivity contribution is -0.149. The normalized spacial score (nSPS) is 36.4. The molecule has 0 unspecified atom stereocenters. The lowest BCUT2D eigenvalue weighted by atomic mass is 9.80. The summed E-state index contributed by atoms with van der Waals surface area (Å²) in [6.07, 6.45) is 1.65. The number of halogens is 1. The molecule has 0 spiro atoms. The van der Waals surface area contributed by atoms with Crippen LogP contribution in [0.2, 0.25) is 0 Å². The number of amides is 1. The first-order chi connectivity index (χ1) is 8.95. The van der Waals surface area contributed by atoms with Crippen molar-refractivity contribution in [2.24, 2.45) is 11.3 Å². The molecule has 4 nitrogen and oxygen atoms in total. The third-order valence-electron chi connectivity index (χ3n) is 4.97. The molecule has 1 saturated carbocycles. The Morgan fingerprint density at radius 3 is 2.79 bits per heavy atom. The molecule has 0 N–H and O–H groups in total. The van der Waals surface area contributed by atoms with Crippen LogP contribution in [-0.4, -0.2) is 68.3 Å². The maximum atomic E-state index is 14.3. The largest absolute Gasteiger partial charge is 0.380 e. The van der Waals surface area contributed by atoms with E-state index in [-0.39, 0.29) is 11.3 Å². The van der Waals surface area contributed by atoms with Crippen LogP contribution < -0.4 is 0 Å². The lowest BCUT2D eigenvalue weighted by Crippen LogP contribution is -2.50. The van der Waals surface area contributed by atoms with Gasteiger partial charge >= 0.3 is 0 Å². The molecule has 2 heterocycles. The predicted octanol–water partition coefficient (Wildman–Crippen LogP) is 0.915. The second kappa shape index (κ2) is 4.42. The van der Waals surface area contributed by atoms with E-state index < -0.39 is 5.67 Å². The Kier molecular flexibility index (Phi) is 3.09. The van der Waals surface area contributed by atoms with Gasteiger partial charge in [0.05, 0.1) is 13.2 Å². The number of carbonyl (C=O) groups excluding carboxylic acids is 1. The smallest absolute Gasteiger partial charge is 0.260 e. The van der Waals surface area contributed by atoms with Crippen LogP contribution in [0.3, 0.4) is 0 Å². The molecular formula is C14H23FN2O2.